The van der Waals surface area contributed by atoms with E-state index in [2.05, 4.69) is 19.9 Å². The molecule has 0 aliphatic carbocycles. The number of piperazine rings is 1. The monoisotopic (exact) mass is 266 g/mol. The Kier molecular flexibility index (Phi) is 5.75. The normalized spacial score (nSPS) is 18.0. The zero-order valence-electron chi connectivity index (χ0n) is 12.0. The Morgan fingerprint density at radius 2 is 1.84 bits per heavy atom. The molecule has 2 N–H and O–H groups in total. The van der Waals surface area contributed by atoms with Crippen molar-refractivity contribution in [2.24, 2.45) is 12.8 Å². The molecule has 0 bridgehead atoms. The van der Waals surface area contributed by atoms with Crippen LogP contribution in [-0.4, -0.2) is 63.8 Å². The highest BCUT2D eigenvalue weighted by Crippen LogP contribution is 2.07. The molecule has 0 atom stereocenters. The highest BCUT2D eigenvalue weighted by Gasteiger charge is 2.17. The largest absolute Gasteiger partial charge is 0.330 e. The van der Waals surface area contributed by atoms with Gasteiger partial charge in [0, 0.05) is 33.2 Å². The maximum absolute atomic E-state index is 5.51. The second-order valence-corrected chi connectivity index (χ2v) is 5.27. The van der Waals surface area contributed by atoms with Gasteiger partial charge in [-0.15, -0.1) is 0 Å². The van der Waals surface area contributed by atoms with E-state index in [1.165, 1.54) is 32.5 Å². The molecule has 1 aromatic rings. The van der Waals surface area contributed by atoms with Crippen LogP contribution in [0.1, 0.15) is 25.1 Å². The lowest BCUT2D eigenvalue weighted by molar-refractivity contribution is 0.122. The van der Waals surface area contributed by atoms with Crippen molar-refractivity contribution in [2.75, 3.05) is 39.3 Å². The van der Waals surface area contributed by atoms with Crippen molar-refractivity contribution in [1.29, 1.82) is 0 Å². The Morgan fingerprint density at radius 1 is 1.11 bits per heavy atom. The molecule has 2 heterocycles. The summed E-state index contributed by atoms with van der Waals surface area (Å²) in [6.45, 7) is 7.55. The number of unbranched alkanes of at least 4 members (excludes halogenated alkanes) is 2. The average Bonchev–Trinajstić information content (AvgIpc) is 2.82. The van der Waals surface area contributed by atoms with Gasteiger partial charge < -0.3 is 10.6 Å². The number of nitrogens with two attached hydrogens (primary N) is 1. The molecule has 19 heavy (non-hydrogen) atoms. The van der Waals surface area contributed by atoms with Gasteiger partial charge in [0.25, 0.3) is 0 Å². The van der Waals surface area contributed by atoms with Gasteiger partial charge >= 0.3 is 0 Å². The highest BCUT2D eigenvalue weighted by atomic mass is 15.3. The SMILES string of the molecule is Cn1ncnc1CN1CCN(CCCCCN)CC1. The molecule has 1 aliphatic rings. The fraction of sp³-hybridized carbons (Fsp3) is 0.846. The lowest BCUT2D eigenvalue weighted by Gasteiger charge is -2.34. The zero-order chi connectivity index (χ0) is 13.5. The first-order valence-electron chi connectivity index (χ1n) is 7.27. The molecule has 1 aliphatic heterocycles. The first-order chi connectivity index (χ1) is 9.29. The molecule has 0 unspecified atom stereocenters. The third kappa shape index (κ3) is 4.56. The van der Waals surface area contributed by atoms with E-state index in [9.17, 15) is 0 Å². The minimum Gasteiger partial charge on any atom is -0.330 e. The minimum atomic E-state index is 0.825. The van der Waals surface area contributed by atoms with Crippen molar-refractivity contribution in [2.45, 2.75) is 25.8 Å². The van der Waals surface area contributed by atoms with Gasteiger partial charge in [-0.05, 0) is 25.9 Å². The Balaban J connectivity index is 1.64. The topological polar surface area (TPSA) is 63.2 Å². The van der Waals surface area contributed by atoms with Crippen molar-refractivity contribution >= 4 is 0 Å². The number of nitrogens with zero attached hydrogens (tertiary/aromatic N) is 5. The fourth-order valence-corrected chi connectivity index (χ4v) is 2.49. The van der Waals surface area contributed by atoms with Crippen LogP contribution in [-0.2, 0) is 13.6 Å². The molecule has 2 rings (SSSR count). The lowest BCUT2D eigenvalue weighted by Crippen LogP contribution is -2.46. The van der Waals surface area contributed by atoms with Crippen LogP contribution < -0.4 is 5.73 Å². The van der Waals surface area contributed by atoms with Crippen molar-refractivity contribution in [1.82, 2.24) is 24.6 Å². The fourth-order valence-electron chi connectivity index (χ4n) is 2.49. The van der Waals surface area contributed by atoms with Crippen molar-refractivity contribution < 1.29 is 0 Å². The minimum absolute atomic E-state index is 0.825. The third-order valence-electron chi connectivity index (χ3n) is 3.81. The molecule has 108 valence electrons. The number of hydrogen-bond donors (Lipinski definition) is 1. The maximum Gasteiger partial charge on any atom is 0.140 e. The van der Waals surface area contributed by atoms with Gasteiger partial charge in [-0.25, -0.2) is 4.98 Å². The van der Waals surface area contributed by atoms with Crippen LogP contribution in [0, 0.1) is 0 Å². The number of aromatic nitrogens is 3. The Morgan fingerprint density at radius 3 is 2.47 bits per heavy atom. The van der Waals surface area contributed by atoms with Gasteiger partial charge in [0.1, 0.15) is 12.2 Å². The summed E-state index contributed by atoms with van der Waals surface area (Å²) in [6.07, 6.45) is 5.32. The Labute approximate surface area is 115 Å². The Hall–Kier alpha value is -0.980. The molecule has 1 fully saturated rings. The summed E-state index contributed by atoms with van der Waals surface area (Å²) in [5.74, 6) is 1.05. The van der Waals surface area contributed by atoms with E-state index in [1.54, 1.807) is 6.33 Å². The van der Waals surface area contributed by atoms with E-state index in [1.807, 2.05) is 11.7 Å². The van der Waals surface area contributed by atoms with E-state index in [4.69, 9.17) is 5.73 Å². The molecule has 0 saturated carbocycles. The summed E-state index contributed by atoms with van der Waals surface area (Å²) >= 11 is 0. The molecule has 1 aromatic heterocycles. The van der Waals surface area contributed by atoms with Gasteiger partial charge in [-0.3, -0.25) is 9.58 Å². The van der Waals surface area contributed by atoms with Gasteiger partial charge in [0.05, 0.1) is 6.54 Å². The van der Waals surface area contributed by atoms with E-state index in [0.717, 1.165) is 38.4 Å². The summed E-state index contributed by atoms with van der Waals surface area (Å²) in [5, 5.41) is 4.11. The molecule has 0 aromatic carbocycles. The number of rotatable bonds is 7. The van der Waals surface area contributed by atoms with Gasteiger partial charge in [-0.1, -0.05) is 6.42 Å². The molecule has 1 saturated heterocycles. The van der Waals surface area contributed by atoms with E-state index in [0.29, 0.717) is 0 Å². The molecule has 0 spiro atoms. The lowest BCUT2D eigenvalue weighted by atomic mass is 10.2. The van der Waals surface area contributed by atoms with Crippen LogP contribution in [0.25, 0.3) is 0 Å². The Bertz CT molecular complexity index is 356. The van der Waals surface area contributed by atoms with E-state index >= 15 is 0 Å². The first-order valence-corrected chi connectivity index (χ1v) is 7.27. The first kappa shape index (κ1) is 14.4. The molecule has 0 radical (unpaired) electrons. The van der Waals surface area contributed by atoms with Crippen LogP contribution >= 0.6 is 0 Å². The van der Waals surface area contributed by atoms with Crippen molar-refractivity contribution in [3.05, 3.63) is 12.2 Å². The van der Waals surface area contributed by atoms with Crippen molar-refractivity contribution in [3.63, 3.8) is 0 Å². The predicted octanol–water partition coefficient (Wildman–Crippen LogP) is 0.0617. The van der Waals surface area contributed by atoms with Gasteiger partial charge in [0.15, 0.2) is 0 Å². The summed E-state index contributed by atoms with van der Waals surface area (Å²) in [7, 11) is 1.95. The molecule has 6 nitrogen and oxygen atoms in total. The summed E-state index contributed by atoms with van der Waals surface area (Å²) in [5.41, 5.74) is 5.51. The maximum atomic E-state index is 5.51. The van der Waals surface area contributed by atoms with Crippen LogP contribution in [0.2, 0.25) is 0 Å². The average molecular weight is 266 g/mol. The van der Waals surface area contributed by atoms with E-state index < -0.39 is 0 Å². The standard InChI is InChI=1S/C13H26N6/c1-17-13(15-12-16-17)11-19-9-7-18(8-10-19)6-4-2-3-5-14/h12H,2-11,14H2,1H3. The van der Waals surface area contributed by atoms with Gasteiger partial charge in [0.2, 0.25) is 0 Å². The van der Waals surface area contributed by atoms with E-state index in [-0.39, 0.29) is 0 Å². The zero-order valence-corrected chi connectivity index (χ0v) is 12.0. The van der Waals surface area contributed by atoms with Crippen LogP contribution in [0.5, 0.6) is 0 Å². The molecule has 6 heteroatoms. The second-order valence-electron chi connectivity index (χ2n) is 5.27. The highest BCUT2D eigenvalue weighted by molar-refractivity contribution is 4.85. The van der Waals surface area contributed by atoms with Crippen LogP contribution in [0.15, 0.2) is 6.33 Å². The van der Waals surface area contributed by atoms with Crippen LogP contribution in [0.4, 0.5) is 0 Å². The summed E-state index contributed by atoms with van der Waals surface area (Å²) in [4.78, 5) is 9.30. The van der Waals surface area contributed by atoms with Crippen LogP contribution in [0.3, 0.4) is 0 Å². The second kappa shape index (κ2) is 7.57. The molecule has 0 amide bonds. The molecular formula is C13H26N6. The molecular weight excluding hydrogens is 240 g/mol. The van der Waals surface area contributed by atoms with Crippen molar-refractivity contribution in [3.8, 4) is 0 Å². The summed E-state index contributed by atoms with van der Waals surface area (Å²) < 4.78 is 1.86. The predicted molar refractivity (Wildman–Crippen MR) is 75.6 cm³/mol. The number of aryl methyl sites for hydroxylation is 1. The summed E-state index contributed by atoms with van der Waals surface area (Å²) in [6, 6.07) is 0. The third-order valence-corrected chi connectivity index (χ3v) is 3.81. The van der Waals surface area contributed by atoms with Gasteiger partial charge in [-0.2, -0.15) is 5.10 Å². The quantitative estimate of drug-likeness (QED) is 0.707. The number of hydrogen-bond acceptors (Lipinski definition) is 5. The smallest absolute Gasteiger partial charge is 0.140 e.